The molecule has 3 heteroatoms. The lowest BCUT2D eigenvalue weighted by Gasteiger charge is -2.03. The molecule has 0 radical (unpaired) electrons. The second kappa shape index (κ2) is 3.81. The summed E-state index contributed by atoms with van der Waals surface area (Å²) in [6.45, 7) is 2.59. The summed E-state index contributed by atoms with van der Waals surface area (Å²) in [6.07, 6.45) is 2.50. The van der Waals surface area contributed by atoms with Crippen LogP contribution in [-0.4, -0.2) is 16.7 Å². The highest BCUT2D eigenvalue weighted by Crippen LogP contribution is 2.20. The zero-order valence-corrected chi connectivity index (χ0v) is 6.45. The van der Waals surface area contributed by atoms with E-state index in [9.17, 15) is 0 Å². The van der Waals surface area contributed by atoms with Crippen LogP contribution >= 0.6 is 0 Å². The van der Waals surface area contributed by atoms with E-state index in [0.29, 0.717) is 12.5 Å². The SMILES string of the molecule is CCCOc1ncccc1O. The Kier molecular flexibility index (Phi) is 2.72. The molecule has 1 aromatic rings. The molecule has 0 atom stereocenters. The van der Waals surface area contributed by atoms with Gasteiger partial charge in [-0.3, -0.25) is 0 Å². The van der Waals surface area contributed by atoms with E-state index in [1.54, 1.807) is 18.3 Å². The molecule has 0 aliphatic rings. The highest BCUT2D eigenvalue weighted by molar-refractivity contribution is 5.30. The van der Waals surface area contributed by atoms with Gasteiger partial charge >= 0.3 is 0 Å². The molecule has 0 bridgehead atoms. The fourth-order valence-corrected chi connectivity index (χ4v) is 0.692. The van der Waals surface area contributed by atoms with Gasteiger partial charge in [0, 0.05) is 6.20 Å². The molecular formula is C8H11NO2. The third-order valence-electron chi connectivity index (χ3n) is 1.19. The molecule has 0 saturated heterocycles. The average Bonchev–Trinajstić information content (AvgIpc) is 2.03. The lowest BCUT2D eigenvalue weighted by Crippen LogP contribution is -1.96. The van der Waals surface area contributed by atoms with Crippen molar-refractivity contribution >= 4 is 0 Å². The van der Waals surface area contributed by atoms with Crippen LogP contribution in [0, 0.1) is 0 Å². The molecule has 0 aliphatic carbocycles. The standard InChI is InChI=1S/C8H11NO2/c1-2-6-11-8-7(10)4-3-5-9-8/h3-5,10H,2,6H2,1H3. The Morgan fingerprint density at radius 3 is 3.09 bits per heavy atom. The Balaban J connectivity index is 2.62. The van der Waals surface area contributed by atoms with Gasteiger partial charge in [-0.2, -0.15) is 0 Å². The van der Waals surface area contributed by atoms with Gasteiger partial charge in [-0.25, -0.2) is 4.98 Å². The molecule has 0 unspecified atom stereocenters. The van der Waals surface area contributed by atoms with E-state index in [-0.39, 0.29) is 5.75 Å². The second-order valence-corrected chi connectivity index (χ2v) is 2.18. The number of pyridine rings is 1. The maximum atomic E-state index is 9.15. The first-order chi connectivity index (χ1) is 5.34. The maximum absolute atomic E-state index is 9.15. The number of nitrogens with zero attached hydrogens (tertiary/aromatic N) is 1. The molecule has 1 N–H and O–H groups in total. The summed E-state index contributed by atoms with van der Waals surface area (Å²) in [6, 6.07) is 3.21. The number of ether oxygens (including phenoxy) is 1. The van der Waals surface area contributed by atoms with Crippen molar-refractivity contribution in [1.29, 1.82) is 0 Å². The van der Waals surface area contributed by atoms with Gasteiger partial charge in [0.15, 0.2) is 5.75 Å². The van der Waals surface area contributed by atoms with Crippen LogP contribution in [0.3, 0.4) is 0 Å². The van der Waals surface area contributed by atoms with Crippen molar-refractivity contribution in [3.8, 4) is 11.6 Å². The molecule has 1 aromatic heterocycles. The Morgan fingerprint density at radius 2 is 2.45 bits per heavy atom. The minimum Gasteiger partial charge on any atom is -0.503 e. The van der Waals surface area contributed by atoms with Crippen LogP contribution in [0.2, 0.25) is 0 Å². The number of hydrogen-bond donors (Lipinski definition) is 1. The molecule has 3 nitrogen and oxygen atoms in total. The smallest absolute Gasteiger partial charge is 0.256 e. The summed E-state index contributed by atoms with van der Waals surface area (Å²) in [4.78, 5) is 3.84. The summed E-state index contributed by atoms with van der Waals surface area (Å²) in [5, 5.41) is 9.15. The molecule has 0 aromatic carbocycles. The molecule has 0 saturated carbocycles. The van der Waals surface area contributed by atoms with Crippen molar-refractivity contribution in [3.05, 3.63) is 18.3 Å². The van der Waals surface area contributed by atoms with E-state index in [1.165, 1.54) is 0 Å². The molecule has 0 fully saturated rings. The van der Waals surface area contributed by atoms with Gasteiger partial charge < -0.3 is 9.84 Å². The predicted octanol–water partition coefficient (Wildman–Crippen LogP) is 1.58. The lowest BCUT2D eigenvalue weighted by molar-refractivity contribution is 0.287. The van der Waals surface area contributed by atoms with Crippen molar-refractivity contribution in [3.63, 3.8) is 0 Å². The van der Waals surface area contributed by atoms with Crippen LogP contribution in [0.15, 0.2) is 18.3 Å². The van der Waals surface area contributed by atoms with Gasteiger partial charge in [0.2, 0.25) is 0 Å². The number of rotatable bonds is 3. The first kappa shape index (κ1) is 7.85. The van der Waals surface area contributed by atoms with Gasteiger partial charge in [-0.05, 0) is 18.6 Å². The van der Waals surface area contributed by atoms with Crippen LogP contribution in [0.25, 0.3) is 0 Å². The third kappa shape index (κ3) is 2.11. The summed E-state index contributed by atoms with van der Waals surface area (Å²) in [7, 11) is 0. The zero-order chi connectivity index (χ0) is 8.10. The highest BCUT2D eigenvalue weighted by Gasteiger charge is 1.99. The predicted molar refractivity (Wildman–Crippen MR) is 41.7 cm³/mol. The molecule has 11 heavy (non-hydrogen) atoms. The van der Waals surface area contributed by atoms with E-state index in [4.69, 9.17) is 9.84 Å². The maximum Gasteiger partial charge on any atom is 0.256 e. The Hall–Kier alpha value is -1.25. The monoisotopic (exact) mass is 153 g/mol. The fraction of sp³-hybridized carbons (Fsp3) is 0.375. The van der Waals surface area contributed by atoms with E-state index < -0.39 is 0 Å². The van der Waals surface area contributed by atoms with Crippen LogP contribution in [0.1, 0.15) is 13.3 Å². The molecule has 1 rings (SSSR count). The van der Waals surface area contributed by atoms with Gasteiger partial charge in [-0.15, -0.1) is 0 Å². The van der Waals surface area contributed by atoms with E-state index in [0.717, 1.165) is 6.42 Å². The minimum atomic E-state index is 0.0981. The van der Waals surface area contributed by atoms with Crippen LogP contribution < -0.4 is 4.74 Å². The van der Waals surface area contributed by atoms with Crippen LogP contribution in [0.5, 0.6) is 11.6 Å². The molecular weight excluding hydrogens is 142 g/mol. The zero-order valence-electron chi connectivity index (χ0n) is 6.45. The molecule has 0 spiro atoms. The minimum absolute atomic E-state index is 0.0981. The summed E-state index contributed by atoms with van der Waals surface area (Å²) in [5.74, 6) is 0.412. The first-order valence-corrected chi connectivity index (χ1v) is 3.61. The molecule has 0 amide bonds. The van der Waals surface area contributed by atoms with Crippen molar-refractivity contribution in [2.45, 2.75) is 13.3 Å². The number of hydrogen-bond acceptors (Lipinski definition) is 3. The largest absolute Gasteiger partial charge is 0.503 e. The quantitative estimate of drug-likeness (QED) is 0.716. The van der Waals surface area contributed by atoms with Gasteiger partial charge in [-0.1, -0.05) is 6.92 Å². The van der Waals surface area contributed by atoms with Crippen LogP contribution in [-0.2, 0) is 0 Å². The van der Waals surface area contributed by atoms with Crippen molar-refractivity contribution in [1.82, 2.24) is 4.98 Å². The molecule has 1 heterocycles. The fourth-order valence-electron chi connectivity index (χ4n) is 0.692. The summed E-state index contributed by atoms with van der Waals surface area (Å²) >= 11 is 0. The van der Waals surface area contributed by atoms with E-state index in [1.807, 2.05) is 6.92 Å². The Bertz CT molecular complexity index is 225. The Morgan fingerprint density at radius 1 is 1.64 bits per heavy atom. The summed E-state index contributed by atoms with van der Waals surface area (Å²) in [5.41, 5.74) is 0. The second-order valence-electron chi connectivity index (χ2n) is 2.18. The van der Waals surface area contributed by atoms with Gasteiger partial charge in [0.05, 0.1) is 6.61 Å². The van der Waals surface area contributed by atoms with E-state index >= 15 is 0 Å². The Labute approximate surface area is 65.7 Å². The van der Waals surface area contributed by atoms with Gasteiger partial charge in [0.25, 0.3) is 5.88 Å². The normalized spacial score (nSPS) is 9.55. The molecule has 60 valence electrons. The van der Waals surface area contributed by atoms with Crippen LogP contribution in [0.4, 0.5) is 0 Å². The van der Waals surface area contributed by atoms with E-state index in [2.05, 4.69) is 4.98 Å². The lowest BCUT2D eigenvalue weighted by atomic mass is 10.4. The number of aromatic hydroxyl groups is 1. The average molecular weight is 153 g/mol. The van der Waals surface area contributed by atoms with Crippen molar-refractivity contribution < 1.29 is 9.84 Å². The highest BCUT2D eigenvalue weighted by atomic mass is 16.5. The third-order valence-corrected chi connectivity index (χ3v) is 1.19. The summed E-state index contributed by atoms with van der Waals surface area (Å²) < 4.78 is 5.12. The molecule has 0 aliphatic heterocycles. The first-order valence-electron chi connectivity index (χ1n) is 3.61. The van der Waals surface area contributed by atoms with Crippen molar-refractivity contribution in [2.24, 2.45) is 0 Å². The van der Waals surface area contributed by atoms with Gasteiger partial charge in [0.1, 0.15) is 0 Å². The number of aromatic nitrogens is 1. The van der Waals surface area contributed by atoms with Crippen molar-refractivity contribution in [2.75, 3.05) is 6.61 Å². The topological polar surface area (TPSA) is 42.4 Å².